The number of β-amino-alcohol motifs (C(OH)–C–C–N with tert-alkyl or cyclic N) is 1. The molecule has 1 aliphatic heterocycles. The second kappa shape index (κ2) is 7.61. The number of nitrogens with zero attached hydrogens (tertiary/aromatic N) is 4. The number of thioether (sulfide) groups is 1. The highest BCUT2D eigenvalue weighted by Crippen LogP contribution is 2.31. The number of aliphatic hydroxyl groups is 1. The highest BCUT2D eigenvalue weighted by Gasteiger charge is 2.30. The van der Waals surface area contributed by atoms with E-state index in [1.807, 2.05) is 6.92 Å². The van der Waals surface area contributed by atoms with E-state index in [2.05, 4.69) is 64.9 Å². The fraction of sp³-hybridized carbons (Fsp3) is 0.500. The normalized spacial score (nSPS) is 20.4. The molecule has 1 saturated heterocycles. The first-order chi connectivity index (χ1) is 13.7. The van der Waals surface area contributed by atoms with E-state index in [0.717, 1.165) is 35.7 Å². The smallest absolute Gasteiger partial charge is 0.228 e. The van der Waals surface area contributed by atoms with E-state index >= 15 is 0 Å². The van der Waals surface area contributed by atoms with Crippen LogP contribution in [0.4, 0.5) is 5.95 Å². The van der Waals surface area contributed by atoms with Gasteiger partial charge in [-0.15, -0.1) is 0 Å². The zero-order chi connectivity index (χ0) is 20.6. The minimum atomic E-state index is -0.704. The van der Waals surface area contributed by atoms with Crippen LogP contribution in [-0.2, 0) is 11.2 Å². The van der Waals surface area contributed by atoms with Gasteiger partial charge in [-0.25, -0.2) is 9.97 Å². The number of benzene rings is 1. The summed E-state index contributed by atoms with van der Waals surface area (Å²) in [7, 11) is 0. The molecule has 3 heterocycles. The number of anilines is 1. The number of aromatic amines is 1. The number of rotatable bonds is 4. The van der Waals surface area contributed by atoms with E-state index in [-0.39, 0.29) is 5.41 Å². The third kappa shape index (κ3) is 4.56. The summed E-state index contributed by atoms with van der Waals surface area (Å²) in [5.41, 5.74) is 3.59. The van der Waals surface area contributed by atoms with E-state index in [4.69, 9.17) is 4.98 Å². The molecule has 0 radical (unpaired) electrons. The average molecular weight is 412 g/mol. The highest BCUT2D eigenvalue weighted by atomic mass is 32.2. The Morgan fingerprint density at radius 2 is 1.97 bits per heavy atom. The minimum absolute atomic E-state index is 0.158. The highest BCUT2D eigenvalue weighted by molar-refractivity contribution is 7.98. The maximum Gasteiger partial charge on any atom is 0.228 e. The van der Waals surface area contributed by atoms with Gasteiger partial charge in [-0.1, -0.05) is 56.8 Å². The Kier molecular flexibility index (Phi) is 5.29. The predicted octanol–water partition coefficient (Wildman–Crippen LogP) is 4.29. The van der Waals surface area contributed by atoms with Gasteiger partial charge in [-0.05, 0) is 36.3 Å². The second-order valence-corrected chi connectivity index (χ2v) is 10.2. The Morgan fingerprint density at radius 3 is 2.66 bits per heavy atom. The van der Waals surface area contributed by atoms with Crippen molar-refractivity contribution in [3.63, 3.8) is 0 Å². The lowest BCUT2D eigenvalue weighted by Crippen LogP contribution is -2.46. The topological polar surface area (TPSA) is 77.9 Å². The number of fused-ring (bicyclic) bond motifs is 1. The molecule has 29 heavy (non-hydrogen) atoms. The van der Waals surface area contributed by atoms with Gasteiger partial charge in [-0.3, -0.25) is 0 Å². The van der Waals surface area contributed by atoms with Crippen LogP contribution in [-0.4, -0.2) is 43.7 Å². The Morgan fingerprint density at radius 1 is 1.21 bits per heavy atom. The molecule has 0 aliphatic carbocycles. The standard InChI is InChI=1S/C22H29N5OS/c1-21(2,3)16-8-6-15(7-9-16)12-29-19-17-18(24-14-23-17)25-20(26-19)27-11-5-10-22(4,28)13-27/h6-9,14,28H,5,10-13H2,1-4H3,(H,23,24,25,26)/t22-/m0/s1. The summed E-state index contributed by atoms with van der Waals surface area (Å²) < 4.78 is 0. The molecule has 1 atom stereocenters. The van der Waals surface area contributed by atoms with Crippen LogP contribution in [0.5, 0.6) is 0 Å². The van der Waals surface area contributed by atoms with Crippen molar-refractivity contribution in [1.29, 1.82) is 0 Å². The number of piperidine rings is 1. The minimum Gasteiger partial charge on any atom is -0.388 e. The van der Waals surface area contributed by atoms with E-state index in [1.54, 1.807) is 18.1 Å². The van der Waals surface area contributed by atoms with E-state index < -0.39 is 5.60 Å². The van der Waals surface area contributed by atoms with Crippen molar-refractivity contribution >= 4 is 28.9 Å². The Hall–Kier alpha value is -2.12. The van der Waals surface area contributed by atoms with E-state index in [0.29, 0.717) is 18.1 Å². The van der Waals surface area contributed by atoms with Crippen LogP contribution in [0.15, 0.2) is 35.6 Å². The Balaban J connectivity index is 1.56. The van der Waals surface area contributed by atoms with Gasteiger partial charge in [-0.2, -0.15) is 4.98 Å². The summed E-state index contributed by atoms with van der Waals surface area (Å²) in [5.74, 6) is 1.47. The molecule has 154 valence electrons. The van der Waals surface area contributed by atoms with Gasteiger partial charge >= 0.3 is 0 Å². The van der Waals surface area contributed by atoms with Crippen LogP contribution in [0.2, 0.25) is 0 Å². The fourth-order valence-corrected chi connectivity index (χ4v) is 4.62. The van der Waals surface area contributed by atoms with Crippen molar-refractivity contribution in [2.24, 2.45) is 0 Å². The molecule has 0 bridgehead atoms. The van der Waals surface area contributed by atoms with Gasteiger partial charge in [0.2, 0.25) is 5.95 Å². The lowest BCUT2D eigenvalue weighted by molar-refractivity contribution is 0.0444. The summed E-state index contributed by atoms with van der Waals surface area (Å²) in [6.07, 6.45) is 3.40. The summed E-state index contributed by atoms with van der Waals surface area (Å²) in [6, 6.07) is 8.81. The number of hydrogen-bond donors (Lipinski definition) is 2. The maximum absolute atomic E-state index is 10.5. The molecule has 1 fully saturated rings. The van der Waals surface area contributed by atoms with Crippen LogP contribution >= 0.6 is 11.8 Å². The number of H-pyrrole nitrogens is 1. The number of hydrogen-bond acceptors (Lipinski definition) is 6. The van der Waals surface area contributed by atoms with Gasteiger partial charge in [0.15, 0.2) is 5.65 Å². The molecule has 2 N–H and O–H groups in total. The fourth-order valence-electron chi connectivity index (χ4n) is 3.68. The van der Waals surface area contributed by atoms with Crippen molar-refractivity contribution in [3.05, 3.63) is 41.7 Å². The summed E-state index contributed by atoms with van der Waals surface area (Å²) in [4.78, 5) is 19.1. The Labute approximate surface area is 176 Å². The Bertz CT molecular complexity index is 991. The second-order valence-electron chi connectivity index (χ2n) is 9.19. The number of aromatic nitrogens is 4. The third-order valence-electron chi connectivity index (χ3n) is 5.39. The quantitative estimate of drug-likeness (QED) is 0.492. The predicted molar refractivity (Wildman–Crippen MR) is 118 cm³/mol. The zero-order valence-corrected chi connectivity index (χ0v) is 18.4. The first-order valence-electron chi connectivity index (χ1n) is 10.1. The van der Waals surface area contributed by atoms with E-state index in [9.17, 15) is 5.11 Å². The molecule has 0 saturated carbocycles. The van der Waals surface area contributed by atoms with E-state index in [1.165, 1.54) is 11.1 Å². The van der Waals surface area contributed by atoms with Crippen molar-refractivity contribution < 1.29 is 5.11 Å². The van der Waals surface area contributed by atoms with Gasteiger partial charge in [0.25, 0.3) is 0 Å². The first-order valence-corrected chi connectivity index (χ1v) is 11.1. The van der Waals surface area contributed by atoms with Crippen LogP contribution in [0.3, 0.4) is 0 Å². The molecule has 6 nitrogen and oxygen atoms in total. The first kappa shape index (κ1) is 20.2. The monoisotopic (exact) mass is 411 g/mol. The number of nitrogens with one attached hydrogen (secondary N) is 1. The lowest BCUT2D eigenvalue weighted by atomic mass is 9.87. The maximum atomic E-state index is 10.5. The zero-order valence-electron chi connectivity index (χ0n) is 17.6. The molecule has 0 spiro atoms. The third-order valence-corrected chi connectivity index (χ3v) is 6.44. The van der Waals surface area contributed by atoms with Crippen LogP contribution in [0.1, 0.15) is 51.7 Å². The molecule has 1 aromatic carbocycles. The molecule has 2 aromatic heterocycles. The molecule has 3 aromatic rings. The van der Waals surface area contributed by atoms with Gasteiger partial charge in [0.05, 0.1) is 11.9 Å². The SMILES string of the molecule is CC(C)(C)c1ccc(CSc2nc(N3CCC[C@](C)(O)C3)nc3nc[nH]c23)cc1. The van der Waals surface area contributed by atoms with Crippen molar-refractivity contribution in [1.82, 2.24) is 19.9 Å². The van der Waals surface area contributed by atoms with Crippen LogP contribution in [0, 0.1) is 0 Å². The average Bonchev–Trinajstić information content (AvgIpc) is 3.13. The largest absolute Gasteiger partial charge is 0.388 e. The van der Waals surface area contributed by atoms with Crippen LogP contribution < -0.4 is 4.90 Å². The molecule has 0 amide bonds. The molecule has 7 heteroatoms. The molecular weight excluding hydrogens is 382 g/mol. The summed E-state index contributed by atoms with van der Waals surface area (Å²) >= 11 is 1.69. The molecule has 0 unspecified atom stereocenters. The summed E-state index contributed by atoms with van der Waals surface area (Å²) in [6.45, 7) is 9.96. The van der Waals surface area contributed by atoms with Crippen molar-refractivity contribution in [2.75, 3.05) is 18.0 Å². The molecular formula is C22H29N5OS. The summed E-state index contributed by atoms with van der Waals surface area (Å²) in [5, 5.41) is 11.4. The van der Waals surface area contributed by atoms with Gasteiger partial charge < -0.3 is 15.0 Å². The molecule has 1 aliphatic rings. The van der Waals surface area contributed by atoms with Gasteiger partial charge in [0.1, 0.15) is 10.5 Å². The van der Waals surface area contributed by atoms with Gasteiger partial charge in [0, 0.05) is 18.8 Å². The van der Waals surface area contributed by atoms with Crippen LogP contribution in [0.25, 0.3) is 11.2 Å². The lowest BCUT2D eigenvalue weighted by Gasteiger charge is -2.36. The number of imidazole rings is 1. The van der Waals surface area contributed by atoms with Crippen molar-refractivity contribution in [3.8, 4) is 0 Å². The molecule has 4 rings (SSSR count). The van der Waals surface area contributed by atoms with Crippen molar-refractivity contribution in [2.45, 2.75) is 62.3 Å².